The van der Waals surface area contributed by atoms with E-state index in [1.807, 2.05) is 48.2 Å². The Labute approximate surface area is 155 Å². The molecule has 3 rings (SSSR count). The van der Waals surface area contributed by atoms with Crippen LogP contribution in [-0.4, -0.2) is 55.5 Å². The monoisotopic (exact) mass is 350 g/mol. The molecule has 26 heavy (non-hydrogen) atoms. The molecule has 4 nitrogen and oxygen atoms in total. The van der Waals surface area contributed by atoms with Crippen LogP contribution in [0.3, 0.4) is 0 Å². The first-order valence-electron chi connectivity index (χ1n) is 9.05. The molecule has 0 aromatic heterocycles. The highest BCUT2D eigenvalue weighted by atomic mass is 16.5. The quantitative estimate of drug-likeness (QED) is 0.828. The summed E-state index contributed by atoms with van der Waals surface area (Å²) >= 11 is 0. The average Bonchev–Trinajstić information content (AvgIpc) is 2.69. The van der Waals surface area contributed by atoms with Gasteiger partial charge in [-0.05, 0) is 36.2 Å². The average molecular weight is 350 g/mol. The molecule has 136 valence electrons. The third-order valence-corrected chi connectivity index (χ3v) is 4.77. The van der Waals surface area contributed by atoms with Crippen LogP contribution < -0.4 is 4.74 Å². The van der Waals surface area contributed by atoms with E-state index >= 15 is 0 Å². The minimum absolute atomic E-state index is 0.107. The van der Waals surface area contributed by atoms with Gasteiger partial charge in [-0.25, -0.2) is 0 Å². The van der Waals surface area contributed by atoms with E-state index in [4.69, 9.17) is 4.74 Å². The molecule has 0 bridgehead atoms. The van der Waals surface area contributed by atoms with Crippen LogP contribution in [0, 0.1) is 6.92 Å². The number of nitrogens with zero attached hydrogens (tertiary/aromatic N) is 2. The Morgan fingerprint density at radius 2 is 1.81 bits per heavy atom. The van der Waals surface area contributed by atoms with Gasteiger partial charge in [0, 0.05) is 38.3 Å². The number of carbonyl (C=O) groups is 1. The van der Waals surface area contributed by atoms with Crippen LogP contribution in [0.15, 0.2) is 54.6 Å². The van der Waals surface area contributed by atoms with Gasteiger partial charge in [0.1, 0.15) is 5.75 Å². The van der Waals surface area contributed by atoms with Crippen molar-refractivity contribution in [3.63, 3.8) is 0 Å². The predicted molar refractivity (Wildman–Crippen MR) is 106 cm³/mol. The Balaban J connectivity index is 1.51. The Bertz CT molecular complexity index is 763. The molecular formula is C22H26N2O2. The number of amides is 1. The van der Waals surface area contributed by atoms with E-state index in [0.717, 1.165) is 49.6 Å². The molecule has 1 aliphatic heterocycles. The molecule has 0 radical (unpaired) electrons. The lowest BCUT2D eigenvalue weighted by Crippen LogP contribution is -2.48. The SMILES string of the molecule is COc1ccc(C(=O)N2CCN(C/C=C/c3ccccc3)CC2)cc1C. The fraction of sp³-hybridized carbons (Fsp3) is 0.318. The summed E-state index contributed by atoms with van der Waals surface area (Å²) < 4.78 is 5.27. The zero-order valence-corrected chi connectivity index (χ0v) is 15.5. The summed E-state index contributed by atoms with van der Waals surface area (Å²) in [6, 6.07) is 16.0. The standard InChI is InChI=1S/C22H26N2O2/c1-18-17-20(10-11-21(18)26-2)22(25)24-15-13-23(14-16-24)12-6-9-19-7-4-3-5-8-19/h3-11,17H,12-16H2,1-2H3/b9-6+. The van der Waals surface area contributed by atoms with Gasteiger partial charge in [-0.15, -0.1) is 0 Å². The number of aryl methyl sites for hydroxylation is 1. The number of methoxy groups -OCH3 is 1. The maximum Gasteiger partial charge on any atom is 0.253 e. The Hall–Kier alpha value is -2.59. The summed E-state index contributed by atoms with van der Waals surface area (Å²) in [5.74, 6) is 0.923. The molecule has 0 N–H and O–H groups in total. The zero-order valence-electron chi connectivity index (χ0n) is 15.5. The highest BCUT2D eigenvalue weighted by Gasteiger charge is 2.21. The fourth-order valence-corrected chi connectivity index (χ4v) is 3.23. The van der Waals surface area contributed by atoms with Gasteiger partial charge in [-0.1, -0.05) is 42.5 Å². The van der Waals surface area contributed by atoms with E-state index < -0.39 is 0 Å². The first kappa shape index (κ1) is 18.2. The van der Waals surface area contributed by atoms with Gasteiger partial charge in [-0.2, -0.15) is 0 Å². The third-order valence-electron chi connectivity index (χ3n) is 4.77. The van der Waals surface area contributed by atoms with Gasteiger partial charge in [0.2, 0.25) is 0 Å². The maximum absolute atomic E-state index is 12.7. The van der Waals surface area contributed by atoms with E-state index in [0.29, 0.717) is 0 Å². The first-order valence-corrected chi connectivity index (χ1v) is 9.05. The third kappa shape index (κ3) is 4.52. The summed E-state index contributed by atoms with van der Waals surface area (Å²) in [5.41, 5.74) is 2.94. The lowest BCUT2D eigenvalue weighted by molar-refractivity contribution is 0.0650. The number of hydrogen-bond acceptors (Lipinski definition) is 3. The second-order valence-corrected chi connectivity index (χ2v) is 6.59. The van der Waals surface area contributed by atoms with Crippen molar-refractivity contribution in [3.05, 3.63) is 71.3 Å². The molecule has 1 amide bonds. The minimum atomic E-state index is 0.107. The van der Waals surface area contributed by atoms with E-state index in [1.165, 1.54) is 5.56 Å². The molecule has 4 heteroatoms. The Morgan fingerprint density at radius 1 is 1.08 bits per heavy atom. The summed E-state index contributed by atoms with van der Waals surface area (Å²) in [4.78, 5) is 17.0. The van der Waals surface area contributed by atoms with E-state index in [2.05, 4.69) is 29.2 Å². The highest BCUT2D eigenvalue weighted by Crippen LogP contribution is 2.20. The summed E-state index contributed by atoms with van der Waals surface area (Å²) in [6.07, 6.45) is 4.34. The van der Waals surface area contributed by atoms with E-state index in [1.54, 1.807) is 7.11 Å². The van der Waals surface area contributed by atoms with Crippen LogP contribution in [0.25, 0.3) is 6.08 Å². The topological polar surface area (TPSA) is 32.8 Å². The highest BCUT2D eigenvalue weighted by molar-refractivity contribution is 5.94. The molecule has 0 saturated carbocycles. The van der Waals surface area contributed by atoms with Crippen LogP contribution >= 0.6 is 0 Å². The second kappa shape index (κ2) is 8.68. The van der Waals surface area contributed by atoms with Gasteiger partial charge >= 0.3 is 0 Å². The number of benzene rings is 2. The smallest absolute Gasteiger partial charge is 0.253 e. The molecule has 2 aromatic rings. The van der Waals surface area contributed by atoms with Crippen LogP contribution in [0.1, 0.15) is 21.5 Å². The maximum atomic E-state index is 12.7. The summed E-state index contributed by atoms with van der Waals surface area (Å²) in [6.45, 7) is 6.22. The van der Waals surface area contributed by atoms with Gasteiger partial charge in [0.25, 0.3) is 5.91 Å². The molecule has 1 fully saturated rings. The van der Waals surface area contributed by atoms with Crippen molar-refractivity contribution in [3.8, 4) is 5.75 Å². The van der Waals surface area contributed by atoms with Crippen molar-refractivity contribution in [1.82, 2.24) is 9.80 Å². The summed E-state index contributed by atoms with van der Waals surface area (Å²) in [7, 11) is 1.65. The number of ether oxygens (including phenoxy) is 1. The van der Waals surface area contributed by atoms with Gasteiger partial charge in [0.15, 0.2) is 0 Å². The first-order chi connectivity index (χ1) is 12.7. The van der Waals surface area contributed by atoms with E-state index in [-0.39, 0.29) is 5.91 Å². The zero-order chi connectivity index (χ0) is 18.4. The molecular weight excluding hydrogens is 324 g/mol. The molecule has 1 heterocycles. The number of carbonyl (C=O) groups excluding carboxylic acids is 1. The second-order valence-electron chi connectivity index (χ2n) is 6.59. The number of hydrogen-bond donors (Lipinski definition) is 0. The fourth-order valence-electron chi connectivity index (χ4n) is 3.23. The lowest BCUT2D eigenvalue weighted by atomic mass is 10.1. The van der Waals surface area contributed by atoms with Gasteiger partial charge in [0.05, 0.1) is 7.11 Å². The van der Waals surface area contributed by atoms with Crippen molar-refractivity contribution in [2.24, 2.45) is 0 Å². The molecule has 2 aromatic carbocycles. The Morgan fingerprint density at radius 3 is 2.46 bits per heavy atom. The van der Waals surface area contributed by atoms with Crippen LogP contribution in [0.5, 0.6) is 5.75 Å². The summed E-state index contributed by atoms with van der Waals surface area (Å²) in [5, 5.41) is 0. The Kier molecular flexibility index (Phi) is 6.08. The van der Waals surface area contributed by atoms with Crippen molar-refractivity contribution in [2.75, 3.05) is 39.8 Å². The van der Waals surface area contributed by atoms with Crippen molar-refractivity contribution in [2.45, 2.75) is 6.92 Å². The molecule has 0 unspecified atom stereocenters. The lowest BCUT2D eigenvalue weighted by Gasteiger charge is -2.34. The van der Waals surface area contributed by atoms with Gasteiger partial charge in [-0.3, -0.25) is 9.69 Å². The van der Waals surface area contributed by atoms with Crippen LogP contribution in [-0.2, 0) is 0 Å². The molecule has 0 atom stereocenters. The normalized spacial score (nSPS) is 15.4. The molecule has 1 saturated heterocycles. The predicted octanol–water partition coefficient (Wildman–Crippen LogP) is 3.47. The number of piperazine rings is 1. The largest absolute Gasteiger partial charge is 0.496 e. The van der Waals surface area contributed by atoms with Crippen molar-refractivity contribution >= 4 is 12.0 Å². The van der Waals surface area contributed by atoms with Crippen LogP contribution in [0.2, 0.25) is 0 Å². The van der Waals surface area contributed by atoms with E-state index in [9.17, 15) is 4.79 Å². The minimum Gasteiger partial charge on any atom is -0.496 e. The molecule has 0 spiro atoms. The van der Waals surface area contributed by atoms with Crippen molar-refractivity contribution in [1.29, 1.82) is 0 Å². The number of rotatable bonds is 5. The van der Waals surface area contributed by atoms with Gasteiger partial charge < -0.3 is 9.64 Å². The molecule has 0 aliphatic carbocycles. The van der Waals surface area contributed by atoms with Crippen LogP contribution in [0.4, 0.5) is 0 Å². The molecule has 1 aliphatic rings. The van der Waals surface area contributed by atoms with Crippen molar-refractivity contribution < 1.29 is 9.53 Å².